The zero-order chi connectivity index (χ0) is 23.8. The van der Waals surface area contributed by atoms with Crippen LogP contribution in [0.2, 0.25) is 0 Å². The number of alkyl halides is 6. The summed E-state index contributed by atoms with van der Waals surface area (Å²) < 4.78 is 80.3. The third-order valence-electron chi connectivity index (χ3n) is 5.69. The van der Waals surface area contributed by atoms with Gasteiger partial charge in [0.05, 0.1) is 16.6 Å². The van der Waals surface area contributed by atoms with Crippen LogP contribution < -0.4 is 5.32 Å². The summed E-state index contributed by atoms with van der Waals surface area (Å²) in [4.78, 5) is 17.7. The lowest BCUT2D eigenvalue weighted by atomic mass is 9.96. The molecule has 0 radical (unpaired) electrons. The Kier molecular flexibility index (Phi) is 5.98. The Bertz CT molecular complexity index is 1150. The zero-order valence-corrected chi connectivity index (χ0v) is 17.2. The van der Waals surface area contributed by atoms with Crippen molar-refractivity contribution in [1.82, 2.24) is 14.5 Å². The van der Waals surface area contributed by atoms with E-state index in [-0.39, 0.29) is 36.8 Å². The predicted octanol–water partition coefficient (Wildman–Crippen LogP) is 6.02. The van der Waals surface area contributed by atoms with Crippen molar-refractivity contribution in [3.63, 3.8) is 0 Å². The fourth-order valence-corrected chi connectivity index (χ4v) is 4.03. The van der Waals surface area contributed by atoms with Crippen molar-refractivity contribution in [1.29, 1.82) is 0 Å². The number of para-hydroxylation sites is 2. The Morgan fingerprint density at radius 3 is 2.33 bits per heavy atom. The van der Waals surface area contributed by atoms with Gasteiger partial charge in [-0.25, -0.2) is 9.78 Å². The number of nitrogens with zero attached hydrogens (tertiary/aromatic N) is 3. The minimum Gasteiger partial charge on any atom is -0.325 e. The van der Waals surface area contributed by atoms with Crippen molar-refractivity contribution < 1.29 is 31.1 Å². The summed E-state index contributed by atoms with van der Waals surface area (Å²) >= 11 is 0. The first-order valence-corrected chi connectivity index (χ1v) is 10.3. The van der Waals surface area contributed by atoms with Crippen LogP contribution in [-0.2, 0) is 18.9 Å². The van der Waals surface area contributed by atoms with Gasteiger partial charge in [-0.15, -0.1) is 0 Å². The molecule has 0 unspecified atom stereocenters. The van der Waals surface area contributed by atoms with Gasteiger partial charge in [0.15, 0.2) is 0 Å². The molecule has 2 heterocycles. The Labute approximate surface area is 185 Å². The molecule has 3 aromatic rings. The summed E-state index contributed by atoms with van der Waals surface area (Å²) in [5, 5.41) is 2.46. The molecule has 4 rings (SSSR count). The largest absolute Gasteiger partial charge is 0.449 e. The second-order valence-corrected chi connectivity index (χ2v) is 7.97. The molecule has 0 bridgehead atoms. The standard InChI is InChI=1S/C22H20F6N4O/c23-21(24,25)15-4-3-5-16(12-15)29-20(33)31-10-8-14(9-11-31)13-32-18-7-2-1-6-17(18)30-19(32)22(26,27)28/h1-7,12,14H,8-11,13H2,(H,29,33). The molecule has 0 aliphatic carbocycles. The molecule has 1 aliphatic rings. The molecule has 176 valence electrons. The van der Waals surface area contributed by atoms with E-state index >= 15 is 0 Å². The van der Waals surface area contributed by atoms with E-state index in [4.69, 9.17) is 0 Å². The maximum atomic E-state index is 13.5. The van der Waals surface area contributed by atoms with E-state index in [1.54, 1.807) is 18.2 Å². The quantitative estimate of drug-likeness (QED) is 0.476. The number of likely N-dealkylation sites (tertiary alicyclic amines) is 1. The molecule has 0 atom stereocenters. The van der Waals surface area contributed by atoms with E-state index < -0.39 is 29.8 Å². The lowest BCUT2D eigenvalue weighted by Crippen LogP contribution is -2.41. The predicted molar refractivity (Wildman–Crippen MR) is 109 cm³/mol. The topological polar surface area (TPSA) is 50.2 Å². The van der Waals surface area contributed by atoms with E-state index in [1.807, 2.05) is 0 Å². The average Bonchev–Trinajstić information content (AvgIpc) is 3.13. The minimum absolute atomic E-state index is 0.0247. The molecule has 33 heavy (non-hydrogen) atoms. The number of anilines is 1. The highest BCUT2D eigenvalue weighted by molar-refractivity contribution is 5.89. The van der Waals surface area contributed by atoms with Crippen LogP contribution >= 0.6 is 0 Å². The first-order chi connectivity index (χ1) is 15.5. The van der Waals surface area contributed by atoms with Gasteiger partial charge in [0.2, 0.25) is 5.82 Å². The summed E-state index contributed by atoms with van der Waals surface area (Å²) in [6.45, 7) is 0.672. The molecule has 0 saturated carbocycles. The van der Waals surface area contributed by atoms with Gasteiger partial charge in [-0.05, 0) is 49.1 Å². The van der Waals surface area contributed by atoms with Crippen LogP contribution in [0.5, 0.6) is 0 Å². The Morgan fingerprint density at radius 1 is 0.970 bits per heavy atom. The number of aromatic nitrogens is 2. The summed E-state index contributed by atoms with van der Waals surface area (Å²) in [6.07, 6.45) is -8.20. The van der Waals surface area contributed by atoms with Crippen LogP contribution in [0.25, 0.3) is 11.0 Å². The number of amides is 2. The smallest absolute Gasteiger partial charge is 0.325 e. The maximum absolute atomic E-state index is 13.5. The summed E-state index contributed by atoms with van der Waals surface area (Å²) in [5.41, 5.74) is -0.180. The molecular formula is C22H20F6N4O. The van der Waals surface area contributed by atoms with Crippen LogP contribution in [0.3, 0.4) is 0 Å². The van der Waals surface area contributed by atoms with Crippen molar-refractivity contribution in [2.24, 2.45) is 5.92 Å². The van der Waals surface area contributed by atoms with Crippen molar-refractivity contribution >= 4 is 22.8 Å². The van der Waals surface area contributed by atoms with E-state index in [0.29, 0.717) is 18.4 Å². The Hall–Kier alpha value is -3.24. The van der Waals surface area contributed by atoms with Crippen LogP contribution in [0.1, 0.15) is 24.2 Å². The first kappa shape index (κ1) is 22.9. The number of fused-ring (bicyclic) bond motifs is 1. The number of hydrogen-bond donors (Lipinski definition) is 1. The highest BCUT2D eigenvalue weighted by Crippen LogP contribution is 2.34. The van der Waals surface area contributed by atoms with Crippen LogP contribution in [0.4, 0.5) is 36.8 Å². The maximum Gasteiger partial charge on any atom is 0.449 e. The van der Waals surface area contributed by atoms with E-state index in [0.717, 1.165) is 12.1 Å². The number of carbonyl (C=O) groups excluding carboxylic acids is 1. The molecule has 1 fully saturated rings. The number of rotatable bonds is 3. The number of benzene rings is 2. The number of urea groups is 1. The second-order valence-electron chi connectivity index (χ2n) is 7.97. The van der Waals surface area contributed by atoms with Gasteiger partial charge in [0.1, 0.15) is 0 Å². The van der Waals surface area contributed by atoms with Crippen molar-refractivity contribution in [2.75, 3.05) is 18.4 Å². The van der Waals surface area contributed by atoms with E-state index in [2.05, 4.69) is 10.3 Å². The third kappa shape index (κ3) is 5.07. The fourth-order valence-electron chi connectivity index (χ4n) is 4.03. The van der Waals surface area contributed by atoms with Crippen LogP contribution in [0, 0.1) is 5.92 Å². The first-order valence-electron chi connectivity index (χ1n) is 10.3. The van der Waals surface area contributed by atoms with Gasteiger partial charge >= 0.3 is 18.4 Å². The lowest BCUT2D eigenvalue weighted by molar-refractivity contribution is -0.147. The zero-order valence-electron chi connectivity index (χ0n) is 17.2. The molecule has 2 aromatic carbocycles. The molecular weight excluding hydrogens is 450 g/mol. The van der Waals surface area contributed by atoms with Crippen molar-refractivity contribution in [3.8, 4) is 0 Å². The number of imidazole rings is 1. The third-order valence-corrected chi connectivity index (χ3v) is 5.69. The van der Waals surface area contributed by atoms with Gasteiger partial charge < -0.3 is 14.8 Å². The number of nitrogens with one attached hydrogen (secondary N) is 1. The minimum atomic E-state index is -4.59. The number of piperidine rings is 1. The van der Waals surface area contributed by atoms with E-state index in [9.17, 15) is 31.1 Å². The summed E-state index contributed by atoms with van der Waals surface area (Å²) in [7, 11) is 0. The molecule has 1 aliphatic heterocycles. The highest BCUT2D eigenvalue weighted by atomic mass is 19.4. The number of carbonyl (C=O) groups is 1. The average molecular weight is 470 g/mol. The number of hydrogen-bond acceptors (Lipinski definition) is 2. The molecule has 11 heteroatoms. The van der Waals surface area contributed by atoms with Gasteiger partial charge in [0.25, 0.3) is 0 Å². The Balaban J connectivity index is 1.41. The highest BCUT2D eigenvalue weighted by Gasteiger charge is 2.38. The van der Waals surface area contributed by atoms with E-state index in [1.165, 1.54) is 27.7 Å². The summed E-state index contributed by atoms with van der Waals surface area (Å²) in [5.74, 6) is -1.06. The number of halogens is 6. The van der Waals surface area contributed by atoms with Crippen LogP contribution in [0.15, 0.2) is 48.5 Å². The van der Waals surface area contributed by atoms with Crippen molar-refractivity contribution in [3.05, 3.63) is 59.9 Å². The van der Waals surface area contributed by atoms with Gasteiger partial charge in [-0.3, -0.25) is 0 Å². The molecule has 2 amide bonds. The summed E-state index contributed by atoms with van der Waals surface area (Å²) in [6, 6.07) is 10.2. The molecule has 1 saturated heterocycles. The molecule has 1 N–H and O–H groups in total. The molecule has 5 nitrogen and oxygen atoms in total. The van der Waals surface area contributed by atoms with Gasteiger partial charge in [0, 0.05) is 25.3 Å². The lowest BCUT2D eigenvalue weighted by Gasteiger charge is -2.32. The molecule has 0 spiro atoms. The SMILES string of the molecule is O=C(Nc1cccc(C(F)(F)F)c1)N1CCC(Cn2c(C(F)(F)F)nc3ccccc32)CC1. The van der Waals surface area contributed by atoms with Gasteiger partial charge in [-0.2, -0.15) is 26.3 Å². The molecule has 1 aromatic heterocycles. The second kappa shape index (κ2) is 8.60. The normalized spacial score (nSPS) is 15.8. The fraction of sp³-hybridized carbons (Fsp3) is 0.364. The van der Waals surface area contributed by atoms with Crippen LogP contribution in [-0.4, -0.2) is 33.6 Å². The van der Waals surface area contributed by atoms with Gasteiger partial charge in [-0.1, -0.05) is 18.2 Å². The Morgan fingerprint density at radius 2 is 1.67 bits per heavy atom. The monoisotopic (exact) mass is 470 g/mol. The van der Waals surface area contributed by atoms with Crippen molar-refractivity contribution in [2.45, 2.75) is 31.7 Å².